The summed E-state index contributed by atoms with van der Waals surface area (Å²) >= 11 is 6.29. The fraction of sp³-hybridized carbons (Fsp3) is 0.273. The van der Waals surface area contributed by atoms with E-state index in [1.54, 1.807) is 24.3 Å². The quantitative estimate of drug-likeness (QED) is 0.620. The first-order chi connectivity index (χ1) is 15.7. The fourth-order valence-corrected chi connectivity index (χ4v) is 3.86. The first-order valence-corrected chi connectivity index (χ1v) is 10.5. The zero-order valence-electron chi connectivity index (χ0n) is 17.2. The summed E-state index contributed by atoms with van der Waals surface area (Å²) < 4.78 is 39.1. The van der Waals surface area contributed by atoms with Crippen LogP contribution in [-0.2, 0) is 6.18 Å². The van der Waals surface area contributed by atoms with Crippen LogP contribution in [0.4, 0.5) is 18.9 Å². The topological polar surface area (TPSA) is 80.1 Å². The lowest BCUT2D eigenvalue weighted by Crippen LogP contribution is -2.45. The summed E-state index contributed by atoms with van der Waals surface area (Å²) in [5, 5.41) is 6.96. The van der Waals surface area contributed by atoms with Gasteiger partial charge in [-0.15, -0.1) is 0 Å². The molecule has 33 heavy (non-hydrogen) atoms. The number of carbonyl (C=O) groups is 1. The molecule has 0 saturated carbocycles. The summed E-state index contributed by atoms with van der Waals surface area (Å²) in [7, 11) is 0. The van der Waals surface area contributed by atoms with Crippen molar-refractivity contribution < 1.29 is 18.0 Å². The van der Waals surface area contributed by atoms with Crippen molar-refractivity contribution in [3.8, 4) is 5.82 Å². The normalized spacial score (nSPS) is 14.8. The van der Waals surface area contributed by atoms with Gasteiger partial charge in [0, 0.05) is 30.9 Å². The van der Waals surface area contributed by atoms with Gasteiger partial charge in [0.05, 0.1) is 17.4 Å². The van der Waals surface area contributed by atoms with Crippen molar-refractivity contribution in [2.24, 2.45) is 0 Å². The second kappa shape index (κ2) is 9.22. The number of nitrogens with zero attached hydrogens (tertiary/aromatic N) is 4. The Hall–Kier alpha value is -3.40. The number of hydrogen-bond acceptors (Lipinski definition) is 5. The molecular weight excluding hydrogens is 459 g/mol. The fourth-order valence-electron chi connectivity index (χ4n) is 3.61. The van der Waals surface area contributed by atoms with E-state index < -0.39 is 17.3 Å². The van der Waals surface area contributed by atoms with E-state index in [4.69, 9.17) is 11.6 Å². The van der Waals surface area contributed by atoms with Gasteiger partial charge in [-0.3, -0.25) is 9.59 Å². The lowest BCUT2D eigenvalue weighted by atomic mass is 10.0. The molecule has 0 atom stereocenters. The largest absolute Gasteiger partial charge is 0.417 e. The molecule has 0 aliphatic carbocycles. The van der Waals surface area contributed by atoms with Crippen molar-refractivity contribution in [2.75, 3.05) is 18.0 Å². The maximum atomic E-state index is 12.7. The van der Waals surface area contributed by atoms with E-state index in [0.717, 1.165) is 16.8 Å². The molecule has 0 radical (unpaired) electrons. The first kappa shape index (κ1) is 22.8. The number of hydrogen-bond donors (Lipinski definition) is 1. The summed E-state index contributed by atoms with van der Waals surface area (Å²) in [4.78, 5) is 30.6. The Morgan fingerprint density at radius 2 is 1.76 bits per heavy atom. The highest BCUT2D eigenvalue weighted by Crippen LogP contribution is 2.29. The number of benzene rings is 1. The molecule has 3 heterocycles. The Kier molecular flexibility index (Phi) is 6.37. The molecular formula is C22H19ClF3N5O2. The Morgan fingerprint density at radius 3 is 2.36 bits per heavy atom. The lowest BCUT2D eigenvalue weighted by molar-refractivity contribution is -0.137. The standard InChI is InChI=1S/C22H19ClF3N5O2/c23-19-17(13-28-31(21(19)33)18-7-6-15(12-27-18)22(24,25)26)30-10-8-16(9-11-30)29-20(32)14-4-2-1-3-5-14/h1-7,12-13,16H,8-11H2,(H,29,32). The van der Waals surface area contributed by atoms with Crippen molar-refractivity contribution in [2.45, 2.75) is 25.1 Å². The molecule has 1 aliphatic heterocycles. The second-order valence-corrected chi connectivity index (χ2v) is 7.94. The van der Waals surface area contributed by atoms with E-state index in [9.17, 15) is 22.8 Å². The predicted octanol–water partition coefficient (Wildman–Crippen LogP) is 3.70. The summed E-state index contributed by atoms with van der Waals surface area (Å²) in [5.74, 6) is -0.204. The van der Waals surface area contributed by atoms with Gasteiger partial charge in [0.25, 0.3) is 11.5 Å². The maximum absolute atomic E-state index is 12.7. The van der Waals surface area contributed by atoms with Crippen LogP contribution in [0.5, 0.6) is 0 Å². The van der Waals surface area contributed by atoms with E-state index in [0.29, 0.717) is 43.4 Å². The molecule has 0 bridgehead atoms. The molecule has 1 saturated heterocycles. The molecule has 1 fully saturated rings. The number of anilines is 1. The lowest BCUT2D eigenvalue weighted by Gasteiger charge is -2.34. The zero-order valence-corrected chi connectivity index (χ0v) is 18.0. The monoisotopic (exact) mass is 477 g/mol. The number of carbonyl (C=O) groups excluding carboxylic acids is 1. The number of rotatable bonds is 4. The van der Waals surface area contributed by atoms with Gasteiger partial charge in [-0.05, 0) is 37.1 Å². The molecule has 2 aromatic heterocycles. The van der Waals surface area contributed by atoms with Crippen molar-refractivity contribution in [1.29, 1.82) is 0 Å². The molecule has 4 rings (SSSR count). The molecule has 1 amide bonds. The van der Waals surface area contributed by atoms with E-state index >= 15 is 0 Å². The van der Waals surface area contributed by atoms with Gasteiger partial charge in [-0.25, -0.2) is 4.98 Å². The Morgan fingerprint density at radius 1 is 1.06 bits per heavy atom. The SMILES string of the molecule is O=C(NC1CCN(c2cnn(-c3ccc(C(F)(F)F)cn3)c(=O)c2Cl)CC1)c1ccccc1. The van der Waals surface area contributed by atoms with E-state index in [-0.39, 0.29) is 22.8 Å². The van der Waals surface area contributed by atoms with E-state index in [2.05, 4.69) is 15.4 Å². The van der Waals surface area contributed by atoms with Crippen LogP contribution in [0.1, 0.15) is 28.8 Å². The molecule has 7 nitrogen and oxygen atoms in total. The van der Waals surface area contributed by atoms with Crippen LogP contribution in [0.2, 0.25) is 5.02 Å². The third-order valence-corrected chi connectivity index (χ3v) is 5.75. The number of piperidine rings is 1. The van der Waals surface area contributed by atoms with E-state index in [1.165, 1.54) is 6.20 Å². The summed E-state index contributed by atoms with van der Waals surface area (Å²) in [5.41, 5.74) is -0.588. The molecule has 0 unspecified atom stereocenters. The van der Waals surface area contributed by atoms with Crippen LogP contribution in [0.3, 0.4) is 0 Å². The highest BCUT2D eigenvalue weighted by Gasteiger charge is 2.31. The zero-order chi connectivity index (χ0) is 23.6. The van der Waals surface area contributed by atoms with E-state index in [1.807, 2.05) is 11.0 Å². The molecule has 0 spiro atoms. The first-order valence-electron chi connectivity index (χ1n) is 10.2. The van der Waals surface area contributed by atoms with Gasteiger partial charge in [-0.2, -0.15) is 23.0 Å². The number of amides is 1. The number of nitrogens with one attached hydrogen (secondary N) is 1. The number of halogens is 4. The third-order valence-electron chi connectivity index (χ3n) is 5.40. The molecule has 1 aromatic carbocycles. The smallest absolute Gasteiger partial charge is 0.369 e. The average Bonchev–Trinajstić information content (AvgIpc) is 2.81. The molecule has 1 N–H and O–H groups in total. The minimum atomic E-state index is -4.53. The highest BCUT2D eigenvalue weighted by atomic mass is 35.5. The van der Waals surface area contributed by atoms with Crippen molar-refractivity contribution >= 4 is 23.2 Å². The van der Waals surface area contributed by atoms with Crippen molar-refractivity contribution in [1.82, 2.24) is 20.1 Å². The predicted molar refractivity (Wildman–Crippen MR) is 117 cm³/mol. The van der Waals surface area contributed by atoms with Crippen molar-refractivity contribution in [3.63, 3.8) is 0 Å². The average molecular weight is 478 g/mol. The van der Waals surface area contributed by atoms with Crippen LogP contribution in [0.25, 0.3) is 5.82 Å². The highest BCUT2D eigenvalue weighted by molar-refractivity contribution is 6.33. The van der Waals surface area contributed by atoms with Crippen LogP contribution in [0, 0.1) is 0 Å². The van der Waals surface area contributed by atoms with Crippen LogP contribution in [0.15, 0.2) is 59.7 Å². The van der Waals surface area contributed by atoms with Gasteiger partial charge in [0.1, 0.15) is 5.02 Å². The molecule has 1 aliphatic rings. The van der Waals surface area contributed by atoms with Gasteiger partial charge < -0.3 is 10.2 Å². The van der Waals surface area contributed by atoms with Crippen molar-refractivity contribution in [3.05, 3.63) is 81.4 Å². The van der Waals surface area contributed by atoms with Gasteiger partial charge in [-0.1, -0.05) is 29.8 Å². The summed E-state index contributed by atoms with van der Waals surface area (Å²) in [6.45, 7) is 1.09. The Labute approximate surface area is 191 Å². The maximum Gasteiger partial charge on any atom is 0.417 e. The second-order valence-electron chi connectivity index (χ2n) is 7.56. The van der Waals surface area contributed by atoms with Gasteiger partial charge >= 0.3 is 6.18 Å². The molecule has 172 valence electrons. The minimum absolute atomic E-state index is 0.0163. The summed E-state index contributed by atoms with van der Waals surface area (Å²) in [6.07, 6.45) is -1.19. The summed E-state index contributed by atoms with van der Waals surface area (Å²) in [6, 6.07) is 10.8. The third kappa shape index (κ3) is 5.00. The Bertz CT molecular complexity index is 1190. The molecule has 3 aromatic rings. The number of pyridine rings is 1. The Balaban J connectivity index is 1.44. The van der Waals surface area contributed by atoms with Crippen LogP contribution in [-0.4, -0.2) is 39.8 Å². The van der Waals surface area contributed by atoms with Gasteiger partial charge in [0.2, 0.25) is 0 Å². The van der Waals surface area contributed by atoms with Crippen LogP contribution < -0.4 is 15.8 Å². The van der Waals surface area contributed by atoms with Crippen LogP contribution >= 0.6 is 11.6 Å². The van der Waals surface area contributed by atoms with Gasteiger partial charge in [0.15, 0.2) is 5.82 Å². The number of alkyl halides is 3. The minimum Gasteiger partial charge on any atom is -0.369 e. The number of aromatic nitrogens is 3. The molecule has 11 heteroatoms.